The molecule has 5 aliphatic rings. The van der Waals surface area contributed by atoms with Crippen LogP contribution in [0.1, 0.15) is 51.4 Å². The summed E-state index contributed by atoms with van der Waals surface area (Å²) in [5.74, 6) is 1.28. The van der Waals surface area contributed by atoms with E-state index in [4.69, 9.17) is 5.26 Å². The molecule has 2 unspecified atom stereocenters. The molecule has 0 spiro atoms. The highest BCUT2D eigenvalue weighted by Gasteiger charge is 2.57. The van der Waals surface area contributed by atoms with Gasteiger partial charge in [0.15, 0.2) is 0 Å². The average molecular weight is 303 g/mol. The minimum absolute atomic E-state index is 0.0453. The number of amides is 1. The summed E-state index contributed by atoms with van der Waals surface area (Å²) in [5.41, 5.74) is -0.542. The standard InChI is InChI=1S/C17H25N3O2/c18-9-14-2-1-3-20(14)15(21)10-19-16-5-12-4-13(6-16)8-17(22,7-12)11-16/h12-14,19,22H,1-8,10-11H2/t12?,13?,14-,16?,17?/m1/s1. The van der Waals surface area contributed by atoms with E-state index in [2.05, 4.69) is 11.4 Å². The van der Waals surface area contributed by atoms with Crippen LogP contribution >= 0.6 is 0 Å². The Bertz CT molecular complexity index is 512. The minimum Gasteiger partial charge on any atom is -0.390 e. The third kappa shape index (κ3) is 2.33. The average Bonchev–Trinajstić information content (AvgIpc) is 2.90. The molecular formula is C17H25N3O2. The second-order valence-corrected chi connectivity index (χ2v) is 8.19. The molecule has 4 saturated carbocycles. The van der Waals surface area contributed by atoms with Crippen LogP contribution in [-0.2, 0) is 4.79 Å². The predicted molar refractivity (Wildman–Crippen MR) is 80.7 cm³/mol. The molecule has 4 bridgehead atoms. The van der Waals surface area contributed by atoms with Gasteiger partial charge in [-0.25, -0.2) is 0 Å². The van der Waals surface area contributed by atoms with Crippen LogP contribution in [0.3, 0.4) is 0 Å². The maximum absolute atomic E-state index is 12.4. The Hall–Kier alpha value is -1.12. The van der Waals surface area contributed by atoms with E-state index in [1.165, 1.54) is 6.42 Å². The van der Waals surface area contributed by atoms with E-state index in [-0.39, 0.29) is 17.5 Å². The number of aliphatic hydroxyl groups is 1. The van der Waals surface area contributed by atoms with Gasteiger partial charge in [0, 0.05) is 12.1 Å². The molecule has 1 amide bonds. The highest BCUT2D eigenvalue weighted by atomic mass is 16.3. The molecule has 5 heteroatoms. The van der Waals surface area contributed by atoms with Crippen LogP contribution in [0.2, 0.25) is 0 Å². The molecule has 1 saturated heterocycles. The van der Waals surface area contributed by atoms with Gasteiger partial charge in [-0.3, -0.25) is 4.79 Å². The zero-order valence-corrected chi connectivity index (χ0v) is 13.1. The maximum Gasteiger partial charge on any atom is 0.237 e. The molecule has 5 fully saturated rings. The van der Waals surface area contributed by atoms with Gasteiger partial charge in [0.2, 0.25) is 5.91 Å². The van der Waals surface area contributed by atoms with E-state index in [1.807, 2.05) is 0 Å². The summed E-state index contributed by atoms with van der Waals surface area (Å²) in [6, 6.07) is 1.99. The smallest absolute Gasteiger partial charge is 0.237 e. The van der Waals surface area contributed by atoms with Crippen molar-refractivity contribution < 1.29 is 9.90 Å². The first-order valence-corrected chi connectivity index (χ1v) is 8.67. The third-order valence-electron chi connectivity index (χ3n) is 6.37. The Labute approximate surface area is 131 Å². The topological polar surface area (TPSA) is 76.4 Å². The molecule has 0 aromatic carbocycles. The zero-order valence-electron chi connectivity index (χ0n) is 13.1. The number of hydrogen-bond acceptors (Lipinski definition) is 4. The van der Waals surface area contributed by atoms with Crippen molar-refractivity contribution in [1.29, 1.82) is 5.26 Å². The Morgan fingerprint density at radius 3 is 2.68 bits per heavy atom. The van der Waals surface area contributed by atoms with E-state index in [0.29, 0.717) is 24.9 Å². The van der Waals surface area contributed by atoms with Crippen LogP contribution in [0.25, 0.3) is 0 Å². The lowest BCUT2D eigenvalue weighted by Gasteiger charge is -2.60. The normalized spacial score (nSPS) is 46.0. The van der Waals surface area contributed by atoms with Crippen LogP contribution < -0.4 is 5.32 Å². The van der Waals surface area contributed by atoms with Crippen molar-refractivity contribution in [2.45, 2.75) is 68.5 Å². The van der Waals surface area contributed by atoms with Gasteiger partial charge in [0.1, 0.15) is 6.04 Å². The van der Waals surface area contributed by atoms with Crippen molar-refractivity contribution in [2.24, 2.45) is 11.8 Å². The lowest BCUT2D eigenvalue weighted by Crippen LogP contribution is -2.65. The Kier molecular flexibility index (Phi) is 3.25. The second kappa shape index (κ2) is 4.94. The summed E-state index contributed by atoms with van der Waals surface area (Å²) >= 11 is 0. The van der Waals surface area contributed by atoms with Crippen molar-refractivity contribution in [3.63, 3.8) is 0 Å². The van der Waals surface area contributed by atoms with Crippen molar-refractivity contribution in [1.82, 2.24) is 10.2 Å². The summed E-state index contributed by atoms with van der Waals surface area (Å²) < 4.78 is 0. The largest absolute Gasteiger partial charge is 0.390 e. The first-order valence-electron chi connectivity index (χ1n) is 8.67. The van der Waals surface area contributed by atoms with E-state index in [9.17, 15) is 9.90 Å². The van der Waals surface area contributed by atoms with Gasteiger partial charge in [-0.2, -0.15) is 5.26 Å². The first kappa shape index (κ1) is 14.5. The number of nitriles is 1. The van der Waals surface area contributed by atoms with E-state index < -0.39 is 5.60 Å². The van der Waals surface area contributed by atoms with Crippen LogP contribution in [0.15, 0.2) is 0 Å². The number of rotatable bonds is 3. The minimum atomic E-state index is -0.497. The number of nitrogens with zero attached hydrogens (tertiary/aromatic N) is 2. The molecule has 120 valence electrons. The number of carbonyl (C=O) groups is 1. The Morgan fingerprint density at radius 2 is 2.05 bits per heavy atom. The van der Waals surface area contributed by atoms with Crippen molar-refractivity contribution in [3.05, 3.63) is 0 Å². The molecule has 1 heterocycles. The zero-order chi connectivity index (χ0) is 15.4. The number of likely N-dealkylation sites (tertiary alicyclic amines) is 1. The van der Waals surface area contributed by atoms with Gasteiger partial charge < -0.3 is 15.3 Å². The molecule has 2 N–H and O–H groups in total. The number of nitrogens with one attached hydrogen (secondary N) is 1. The van der Waals surface area contributed by atoms with Gasteiger partial charge in [-0.1, -0.05) is 0 Å². The lowest BCUT2D eigenvalue weighted by atomic mass is 9.51. The van der Waals surface area contributed by atoms with E-state index >= 15 is 0 Å². The molecule has 0 radical (unpaired) electrons. The third-order valence-corrected chi connectivity index (χ3v) is 6.37. The number of carbonyl (C=O) groups excluding carboxylic acids is 1. The van der Waals surface area contributed by atoms with Crippen molar-refractivity contribution >= 4 is 5.91 Å². The van der Waals surface area contributed by atoms with Gasteiger partial charge in [0.05, 0.1) is 18.2 Å². The molecule has 3 atom stereocenters. The molecule has 5 rings (SSSR count). The molecule has 0 aromatic heterocycles. The van der Waals surface area contributed by atoms with Crippen LogP contribution in [0, 0.1) is 23.2 Å². The summed E-state index contributed by atoms with van der Waals surface area (Å²) in [6.07, 6.45) is 7.87. The molecule has 1 aliphatic heterocycles. The highest BCUT2D eigenvalue weighted by molar-refractivity contribution is 5.79. The quantitative estimate of drug-likeness (QED) is 0.821. The van der Waals surface area contributed by atoms with Gasteiger partial charge in [-0.15, -0.1) is 0 Å². The fourth-order valence-corrected chi connectivity index (χ4v) is 5.99. The maximum atomic E-state index is 12.4. The SMILES string of the molecule is N#C[C@H]1CCCN1C(=O)CNC12CC3CC(CC(O)(C3)C1)C2. The van der Waals surface area contributed by atoms with E-state index in [0.717, 1.165) is 44.9 Å². The first-order chi connectivity index (χ1) is 10.5. The van der Waals surface area contributed by atoms with Gasteiger partial charge in [0.25, 0.3) is 0 Å². The monoisotopic (exact) mass is 303 g/mol. The summed E-state index contributed by atoms with van der Waals surface area (Å²) in [6.45, 7) is 1.02. The van der Waals surface area contributed by atoms with Crippen LogP contribution in [0.5, 0.6) is 0 Å². The molecule has 22 heavy (non-hydrogen) atoms. The summed E-state index contributed by atoms with van der Waals surface area (Å²) in [7, 11) is 0. The molecular weight excluding hydrogens is 278 g/mol. The number of hydrogen-bond donors (Lipinski definition) is 2. The van der Waals surface area contributed by atoms with Crippen molar-refractivity contribution in [3.8, 4) is 6.07 Å². The van der Waals surface area contributed by atoms with E-state index in [1.54, 1.807) is 4.90 Å². The molecule has 5 nitrogen and oxygen atoms in total. The lowest BCUT2D eigenvalue weighted by molar-refractivity contribution is -0.147. The summed E-state index contributed by atoms with van der Waals surface area (Å²) in [4.78, 5) is 14.2. The summed E-state index contributed by atoms with van der Waals surface area (Å²) in [5, 5.41) is 23.4. The van der Waals surface area contributed by atoms with Gasteiger partial charge >= 0.3 is 0 Å². The Morgan fingerprint density at radius 1 is 1.32 bits per heavy atom. The molecule has 4 aliphatic carbocycles. The fourth-order valence-electron chi connectivity index (χ4n) is 5.99. The van der Waals surface area contributed by atoms with Crippen LogP contribution in [-0.4, -0.2) is 46.2 Å². The molecule has 0 aromatic rings. The Balaban J connectivity index is 1.41. The van der Waals surface area contributed by atoms with Crippen LogP contribution in [0.4, 0.5) is 0 Å². The second-order valence-electron chi connectivity index (χ2n) is 8.19. The predicted octanol–water partition coefficient (Wildman–Crippen LogP) is 1.17. The van der Waals surface area contributed by atoms with Gasteiger partial charge in [-0.05, 0) is 63.2 Å². The van der Waals surface area contributed by atoms with Crippen molar-refractivity contribution in [2.75, 3.05) is 13.1 Å². The fraction of sp³-hybridized carbons (Fsp3) is 0.882. The highest BCUT2D eigenvalue weighted by Crippen LogP contribution is 2.57.